The van der Waals surface area contributed by atoms with Gasteiger partial charge >= 0.3 is 0 Å². The molecule has 0 aliphatic heterocycles. The van der Waals surface area contributed by atoms with Crippen LogP contribution >= 0.6 is 0 Å². The van der Waals surface area contributed by atoms with E-state index in [1.54, 1.807) is 19.3 Å². The number of hydrogen-bond donors (Lipinski definition) is 0. The third-order valence-electron chi connectivity index (χ3n) is 7.03. The third kappa shape index (κ3) is 0.875. The summed E-state index contributed by atoms with van der Waals surface area (Å²) in [6.07, 6.45) is 7.59. The van der Waals surface area contributed by atoms with Gasteiger partial charge in [0.1, 0.15) is 0 Å². The van der Waals surface area contributed by atoms with Gasteiger partial charge in [-0.15, -0.1) is 0 Å². The average molecular weight is 206 g/mol. The first-order valence-corrected chi connectivity index (χ1v) is 7.06. The summed E-state index contributed by atoms with van der Waals surface area (Å²) < 4.78 is 0. The van der Waals surface area contributed by atoms with Crippen molar-refractivity contribution < 1.29 is 0 Å². The molecule has 1 spiro atoms. The molecule has 6 atom stereocenters. The lowest BCUT2D eigenvalue weighted by atomic mass is 9.35. The van der Waals surface area contributed by atoms with Crippen molar-refractivity contribution in [3.05, 3.63) is 0 Å². The molecule has 3 saturated carbocycles. The molecule has 3 aliphatic carbocycles. The molecule has 86 valence electrons. The maximum absolute atomic E-state index is 2.63. The van der Waals surface area contributed by atoms with Crippen LogP contribution in [0.5, 0.6) is 0 Å². The first kappa shape index (κ1) is 10.2. The van der Waals surface area contributed by atoms with Crippen molar-refractivity contribution in [3.63, 3.8) is 0 Å². The van der Waals surface area contributed by atoms with Gasteiger partial charge in [-0.1, -0.05) is 34.1 Å². The second-order valence-electron chi connectivity index (χ2n) is 7.03. The highest BCUT2D eigenvalue weighted by Crippen LogP contribution is 2.80. The molecule has 0 nitrogen and oxygen atoms in total. The molecular formula is C15H26. The van der Waals surface area contributed by atoms with E-state index >= 15 is 0 Å². The molecule has 6 unspecified atom stereocenters. The van der Waals surface area contributed by atoms with Gasteiger partial charge in [0.15, 0.2) is 0 Å². The Morgan fingerprint density at radius 3 is 2.60 bits per heavy atom. The van der Waals surface area contributed by atoms with Crippen molar-refractivity contribution in [3.8, 4) is 0 Å². The SMILES string of the molecule is CCC(C)C1(C)CC(C)C2CC3CCC321. The summed E-state index contributed by atoms with van der Waals surface area (Å²) in [7, 11) is 0. The van der Waals surface area contributed by atoms with Crippen LogP contribution in [-0.4, -0.2) is 0 Å². The maximum atomic E-state index is 2.63. The highest BCUT2D eigenvalue weighted by atomic mass is 14.8. The third-order valence-corrected chi connectivity index (χ3v) is 7.03. The van der Waals surface area contributed by atoms with E-state index in [0.717, 1.165) is 29.1 Å². The molecule has 15 heavy (non-hydrogen) atoms. The first-order valence-electron chi connectivity index (χ1n) is 7.06. The monoisotopic (exact) mass is 206 g/mol. The van der Waals surface area contributed by atoms with E-state index < -0.39 is 0 Å². The van der Waals surface area contributed by atoms with Crippen molar-refractivity contribution in [2.75, 3.05) is 0 Å². The minimum atomic E-state index is 0.688. The van der Waals surface area contributed by atoms with Gasteiger partial charge in [0.25, 0.3) is 0 Å². The maximum Gasteiger partial charge on any atom is -0.0182 e. The molecule has 0 aromatic rings. The Morgan fingerprint density at radius 2 is 2.13 bits per heavy atom. The van der Waals surface area contributed by atoms with Gasteiger partial charge < -0.3 is 0 Å². The zero-order chi connectivity index (χ0) is 10.8. The molecular weight excluding hydrogens is 180 g/mol. The zero-order valence-electron chi connectivity index (χ0n) is 10.8. The lowest BCUT2D eigenvalue weighted by Gasteiger charge is -2.69. The van der Waals surface area contributed by atoms with Crippen LogP contribution in [0.4, 0.5) is 0 Å². The van der Waals surface area contributed by atoms with E-state index in [-0.39, 0.29) is 0 Å². The van der Waals surface area contributed by atoms with Crippen LogP contribution in [0.1, 0.15) is 59.8 Å². The van der Waals surface area contributed by atoms with E-state index in [4.69, 9.17) is 0 Å². The Morgan fingerprint density at radius 1 is 1.40 bits per heavy atom. The molecule has 3 rings (SSSR count). The summed E-state index contributed by atoms with van der Waals surface area (Å²) in [4.78, 5) is 0. The Bertz CT molecular complexity index is 282. The van der Waals surface area contributed by atoms with Crippen LogP contribution in [0.3, 0.4) is 0 Å². The molecule has 0 N–H and O–H groups in total. The Labute approximate surface area is 94.8 Å². The topological polar surface area (TPSA) is 0 Å². The zero-order valence-corrected chi connectivity index (χ0v) is 10.8. The van der Waals surface area contributed by atoms with Gasteiger partial charge in [-0.2, -0.15) is 0 Å². The quantitative estimate of drug-likeness (QED) is 0.624. The highest BCUT2D eigenvalue weighted by Gasteiger charge is 2.73. The predicted molar refractivity (Wildman–Crippen MR) is 64.6 cm³/mol. The van der Waals surface area contributed by atoms with Crippen molar-refractivity contribution in [2.24, 2.45) is 34.5 Å². The molecule has 0 saturated heterocycles. The van der Waals surface area contributed by atoms with E-state index in [9.17, 15) is 0 Å². The van der Waals surface area contributed by atoms with Crippen LogP contribution in [0.15, 0.2) is 0 Å². The fraction of sp³-hybridized carbons (Fsp3) is 1.00. The fourth-order valence-electron chi connectivity index (χ4n) is 5.86. The van der Waals surface area contributed by atoms with E-state index in [1.807, 2.05) is 0 Å². The molecule has 3 fully saturated rings. The van der Waals surface area contributed by atoms with Crippen LogP contribution in [0.2, 0.25) is 0 Å². The number of hydrogen-bond acceptors (Lipinski definition) is 0. The minimum absolute atomic E-state index is 0.688. The predicted octanol–water partition coefficient (Wildman–Crippen LogP) is 4.49. The van der Waals surface area contributed by atoms with Gasteiger partial charge in [0, 0.05) is 0 Å². The summed E-state index contributed by atoms with van der Waals surface area (Å²) in [5.41, 5.74) is 1.51. The highest BCUT2D eigenvalue weighted by molar-refractivity contribution is 5.22. The van der Waals surface area contributed by atoms with Crippen LogP contribution in [0, 0.1) is 34.5 Å². The second kappa shape index (κ2) is 2.81. The Kier molecular flexibility index (Phi) is 1.91. The smallest absolute Gasteiger partial charge is 0.0182 e. The van der Waals surface area contributed by atoms with Gasteiger partial charge in [-0.05, 0) is 60.2 Å². The molecule has 0 bridgehead atoms. The van der Waals surface area contributed by atoms with E-state index in [2.05, 4.69) is 27.7 Å². The van der Waals surface area contributed by atoms with Gasteiger partial charge in [0.05, 0.1) is 0 Å². The summed E-state index contributed by atoms with van der Waals surface area (Å²) >= 11 is 0. The largest absolute Gasteiger partial charge is 0.0651 e. The number of rotatable bonds is 2. The molecule has 3 aliphatic rings. The van der Waals surface area contributed by atoms with Gasteiger partial charge in [0.2, 0.25) is 0 Å². The van der Waals surface area contributed by atoms with Gasteiger partial charge in [-0.3, -0.25) is 0 Å². The summed E-state index contributed by atoms with van der Waals surface area (Å²) in [6, 6.07) is 0. The van der Waals surface area contributed by atoms with Crippen LogP contribution in [-0.2, 0) is 0 Å². The fourth-order valence-corrected chi connectivity index (χ4v) is 5.86. The molecule has 0 aromatic carbocycles. The standard InChI is InChI=1S/C15H26/c1-5-11(3)14(4)9-10(2)13-8-12-6-7-15(12,13)14/h10-13H,5-9H2,1-4H3. The summed E-state index contributed by atoms with van der Waals surface area (Å²) in [5, 5.41) is 0. The molecule has 0 heterocycles. The van der Waals surface area contributed by atoms with E-state index in [0.29, 0.717) is 5.41 Å². The van der Waals surface area contributed by atoms with E-state index in [1.165, 1.54) is 12.8 Å². The normalized spacial score (nSPS) is 58.8. The molecule has 0 amide bonds. The molecule has 0 heteroatoms. The van der Waals surface area contributed by atoms with Gasteiger partial charge in [-0.25, -0.2) is 0 Å². The second-order valence-corrected chi connectivity index (χ2v) is 7.03. The summed E-state index contributed by atoms with van der Waals surface area (Å²) in [6.45, 7) is 10.0. The van der Waals surface area contributed by atoms with Crippen molar-refractivity contribution >= 4 is 0 Å². The minimum Gasteiger partial charge on any atom is -0.0651 e. The summed E-state index contributed by atoms with van der Waals surface area (Å²) in [5.74, 6) is 4.19. The lowest BCUT2D eigenvalue weighted by molar-refractivity contribution is -0.206. The van der Waals surface area contributed by atoms with Crippen LogP contribution < -0.4 is 0 Å². The lowest BCUT2D eigenvalue weighted by Crippen LogP contribution is -2.62. The van der Waals surface area contributed by atoms with Crippen LogP contribution in [0.25, 0.3) is 0 Å². The van der Waals surface area contributed by atoms with Crippen molar-refractivity contribution in [1.82, 2.24) is 0 Å². The average Bonchev–Trinajstić information content (AvgIpc) is 2.41. The first-order chi connectivity index (χ1) is 7.06. The molecule has 0 aromatic heterocycles. The Hall–Kier alpha value is 0. The Balaban J connectivity index is 1.96. The van der Waals surface area contributed by atoms with Crippen molar-refractivity contribution in [1.29, 1.82) is 0 Å². The molecule has 0 radical (unpaired) electrons. The van der Waals surface area contributed by atoms with Crippen molar-refractivity contribution in [2.45, 2.75) is 59.8 Å².